The van der Waals surface area contributed by atoms with Crippen LogP contribution in [0.4, 0.5) is 0 Å². The smallest absolute Gasteiger partial charge is 0.191 e. The first-order valence-electron chi connectivity index (χ1n) is 9.56. The van der Waals surface area contributed by atoms with E-state index in [0.29, 0.717) is 12.3 Å². The van der Waals surface area contributed by atoms with E-state index in [2.05, 4.69) is 51.9 Å². The molecule has 3 aromatic rings. The molecule has 6 heteroatoms. The highest BCUT2D eigenvalue weighted by Gasteiger charge is 2.07. The SMILES string of the molecule is CCNC(=NCc1cc(OC)ccc1O)NCCc1c[nH]c2cccc(C)c12. The van der Waals surface area contributed by atoms with Gasteiger partial charge in [0.2, 0.25) is 0 Å². The highest BCUT2D eigenvalue weighted by molar-refractivity contribution is 5.86. The van der Waals surface area contributed by atoms with E-state index < -0.39 is 0 Å². The van der Waals surface area contributed by atoms with Crippen LogP contribution in [-0.2, 0) is 13.0 Å². The number of phenols is 1. The largest absolute Gasteiger partial charge is 0.508 e. The van der Waals surface area contributed by atoms with Crippen molar-refractivity contribution in [3.05, 3.63) is 59.3 Å². The number of nitrogens with one attached hydrogen (secondary N) is 3. The molecule has 0 aliphatic heterocycles. The molecule has 1 aromatic heterocycles. The molecule has 0 amide bonds. The van der Waals surface area contributed by atoms with Crippen molar-refractivity contribution in [2.75, 3.05) is 20.2 Å². The first-order valence-corrected chi connectivity index (χ1v) is 9.56. The third kappa shape index (κ3) is 4.57. The van der Waals surface area contributed by atoms with Gasteiger partial charge in [0.25, 0.3) is 0 Å². The van der Waals surface area contributed by atoms with Gasteiger partial charge in [0.1, 0.15) is 11.5 Å². The fraction of sp³-hybridized carbons (Fsp3) is 0.318. The molecule has 4 N–H and O–H groups in total. The predicted octanol–water partition coefficient (Wildman–Crippen LogP) is 3.49. The maximum absolute atomic E-state index is 10.0. The van der Waals surface area contributed by atoms with Crippen molar-refractivity contribution in [3.8, 4) is 11.5 Å². The molecule has 0 fully saturated rings. The van der Waals surface area contributed by atoms with E-state index in [1.54, 1.807) is 25.3 Å². The van der Waals surface area contributed by atoms with E-state index in [0.717, 1.165) is 31.0 Å². The summed E-state index contributed by atoms with van der Waals surface area (Å²) in [5, 5.41) is 18.0. The number of phenolic OH excluding ortho intramolecular Hbond substituents is 1. The van der Waals surface area contributed by atoms with Crippen LogP contribution in [0.5, 0.6) is 11.5 Å². The lowest BCUT2D eigenvalue weighted by Crippen LogP contribution is -2.38. The van der Waals surface area contributed by atoms with Crippen LogP contribution in [0.15, 0.2) is 47.6 Å². The van der Waals surface area contributed by atoms with E-state index in [-0.39, 0.29) is 5.75 Å². The molecule has 0 saturated heterocycles. The summed E-state index contributed by atoms with van der Waals surface area (Å²) >= 11 is 0. The Bertz CT molecular complexity index is 962. The van der Waals surface area contributed by atoms with Crippen molar-refractivity contribution in [1.82, 2.24) is 15.6 Å². The van der Waals surface area contributed by atoms with Gasteiger partial charge in [0, 0.05) is 35.8 Å². The molecule has 0 saturated carbocycles. The average Bonchev–Trinajstić information content (AvgIpc) is 3.11. The van der Waals surface area contributed by atoms with Crippen LogP contribution >= 0.6 is 0 Å². The zero-order chi connectivity index (χ0) is 19.9. The van der Waals surface area contributed by atoms with Gasteiger partial charge in [-0.05, 0) is 55.7 Å². The molecular weight excluding hydrogens is 352 g/mol. The van der Waals surface area contributed by atoms with Crippen LogP contribution < -0.4 is 15.4 Å². The van der Waals surface area contributed by atoms with Crippen molar-refractivity contribution < 1.29 is 9.84 Å². The molecule has 3 rings (SSSR count). The molecule has 0 unspecified atom stereocenters. The molecule has 0 bridgehead atoms. The second kappa shape index (κ2) is 9.17. The standard InChI is InChI=1S/C22H28N4O2/c1-4-23-22(26-14-17-12-18(28-3)8-9-20(17)27)24-11-10-16-13-25-19-7-5-6-15(2)21(16)19/h5-9,12-13,25,27H,4,10-11,14H2,1-3H3,(H2,23,24,26). The summed E-state index contributed by atoms with van der Waals surface area (Å²) in [6.45, 7) is 6.06. The van der Waals surface area contributed by atoms with Gasteiger partial charge in [-0.25, -0.2) is 4.99 Å². The van der Waals surface area contributed by atoms with Crippen LogP contribution in [0.2, 0.25) is 0 Å². The Hall–Kier alpha value is -3.15. The Balaban J connectivity index is 1.65. The number of rotatable bonds is 7. The molecule has 0 atom stereocenters. The predicted molar refractivity (Wildman–Crippen MR) is 114 cm³/mol. The maximum Gasteiger partial charge on any atom is 0.191 e. The number of aromatic amines is 1. The van der Waals surface area contributed by atoms with Crippen molar-refractivity contribution in [2.24, 2.45) is 4.99 Å². The zero-order valence-electron chi connectivity index (χ0n) is 16.7. The monoisotopic (exact) mass is 380 g/mol. The third-order valence-corrected chi connectivity index (χ3v) is 4.72. The van der Waals surface area contributed by atoms with Crippen molar-refractivity contribution >= 4 is 16.9 Å². The van der Waals surface area contributed by atoms with Crippen LogP contribution in [0.1, 0.15) is 23.6 Å². The topological polar surface area (TPSA) is 81.7 Å². The molecule has 0 spiro atoms. The van der Waals surface area contributed by atoms with Crippen LogP contribution in [-0.4, -0.2) is 36.2 Å². The summed E-state index contributed by atoms with van der Waals surface area (Å²) in [5.74, 6) is 1.65. The normalized spacial score (nSPS) is 11.6. The van der Waals surface area contributed by atoms with Crippen molar-refractivity contribution in [1.29, 1.82) is 0 Å². The van der Waals surface area contributed by atoms with E-state index in [1.807, 2.05) is 6.92 Å². The first-order chi connectivity index (χ1) is 13.6. The van der Waals surface area contributed by atoms with Crippen LogP contribution in [0.3, 0.4) is 0 Å². The second-order valence-electron chi connectivity index (χ2n) is 6.68. The van der Waals surface area contributed by atoms with Crippen molar-refractivity contribution in [2.45, 2.75) is 26.8 Å². The average molecular weight is 380 g/mol. The maximum atomic E-state index is 10.0. The van der Waals surface area contributed by atoms with Crippen molar-refractivity contribution in [3.63, 3.8) is 0 Å². The number of H-pyrrole nitrogens is 1. The van der Waals surface area contributed by atoms with E-state index in [9.17, 15) is 5.11 Å². The Morgan fingerprint density at radius 3 is 2.82 bits per heavy atom. The minimum atomic E-state index is 0.217. The molecule has 148 valence electrons. The minimum absolute atomic E-state index is 0.217. The zero-order valence-corrected chi connectivity index (χ0v) is 16.7. The number of benzene rings is 2. The second-order valence-corrected chi connectivity index (χ2v) is 6.68. The van der Waals surface area contributed by atoms with Gasteiger partial charge in [0.05, 0.1) is 13.7 Å². The molecular formula is C22H28N4O2. The van der Waals surface area contributed by atoms with E-state index in [4.69, 9.17) is 4.74 Å². The lowest BCUT2D eigenvalue weighted by Gasteiger charge is -2.12. The fourth-order valence-corrected chi connectivity index (χ4v) is 3.29. The molecule has 1 heterocycles. The third-order valence-electron chi connectivity index (χ3n) is 4.72. The minimum Gasteiger partial charge on any atom is -0.508 e. The van der Waals surface area contributed by atoms with Gasteiger partial charge in [-0.2, -0.15) is 0 Å². The summed E-state index contributed by atoms with van der Waals surface area (Å²) in [6.07, 6.45) is 2.97. The number of aromatic nitrogens is 1. The summed E-state index contributed by atoms with van der Waals surface area (Å²) in [4.78, 5) is 7.93. The van der Waals surface area contributed by atoms with Gasteiger partial charge >= 0.3 is 0 Å². The number of guanidine groups is 1. The van der Waals surface area contributed by atoms with Gasteiger partial charge in [-0.1, -0.05) is 12.1 Å². The fourth-order valence-electron chi connectivity index (χ4n) is 3.29. The Labute approximate surface area is 165 Å². The number of ether oxygens (including phenoxy) is 1. The summed E-state index contributed by atoms with van der Waals surface area (Å²) < 4.78 is 5.22. The Morgan fingerprint density at radius 1 is 1.18 bits per heavy atom. The highest BCUT2D eigenvalue weighted by atomic mass is 16.5. The highest BCUT2D eigenvalue weighted by Crippen LogP contribution is 2.24. The molecule has 0 radical (unpaired) electrons. The number of hydrogen-bond donors (Lipinski definition) is 4. The lowest BCUT2D eigenvalue weighted by molar-refractivity contribution is 0.411. The van der Waals surface area contributed by atoms with E-state index >= 15 is 0 Å². The summed E-state index contributed by atoms with van der Waals surface area (Å²) in [6, 6.07) is 11.5. The number of hydrogen-bond acceptors (Lipinski definition) is 3. The van der Waals surface area contributed by atoms with Gasteiger partial charge in [-0.15, -0.1) is 0 Å². The quantitative estimate of drug-likeness (QED) is 0.374. The Kier molecular flexibility index (Phi) is 6.42. The number of aliphatic imine (C=N–C) groups is 1. The molecule has 28 heavy (non-hydrogen) atoms. The van der Waals surface area contributed by atoms with E-state index in [1.165, 1.54) is 22.0 Å². The van der Waals surface area contributed by atoms with Gasteiger partial charge in [-0.3, -0.25) is 0 Å². The van der Waals surface area contributed by atoms with Crippen LogP contribution in [0.25, 0.3) is 10.9 Å². The molecule has 0 aliphatic rings. The summed E-state index contributed by atoms with van der Waals surface area (Å²) in [7, 11) is 1.61. The molecule has 0 aliphatic carbocycles. The Morgan fingerprint density at radius 2 is 2.04 bits per heavy atom. The lowest BCUT2D eigenvalue weighted by atomic mass is 10.1. The molecule has 6 nitrogen and oxygen atoms in total. The number of fused-ring (bicyclic) bond motifs is 1. The van der Waals surface area contributed by atoms with Gasteiger partial charge in [0.15, 0.2) is 5.96 Å². The van der Waals surface area contributed by atoms with Gasteiger partial charge < -0.3 is 25.5 Å². The summed E-state index contributed by atoms with van der Waals surface area (Å²) in [5.41, 5.74) is 4.47. The first kappa shape index (κ1) is 19.6. The number of aryl methyl sites for hydroxylation is 1. The number of nitrogens with zero attached hydrogens (tertiary/aromatic N) is 1. The number of methoxy groups -OCH3 is 1. The molecule has 2 aromatic carbocycles. The van der Waals surface area contributed by atoms with Crippen LogP contribution in [0, 0.1) is 6.92 Å². The number of aromatic hydroxyl groups is 1.